The molecule has 0 aliphatic heterocycles. The highest BCUT2D eigenvalue weighted by atomic mass is 79.9. The summed E-state index contributed by atoms with van der Waals surface area (Å²) in [6.45, 7) is 0.434. The van der Waals surface area contributed by atoms with Crippen LogP contribution in [0.1, 0.15) is 11.7 Å². The van der Waals surface area contributed by atoms with Gasteiger partial charge in [-0.3, -0.25) is 0 Å². The summed E-state index contributed by atoms with van der Waals surface area (Å²) in [4.78, 5) is 0. The van der Waals surface area contributed by atoms with Crippen molar-refractivity contribution < 1.29 is 4.74 Å². The summed E-state index contributed by atoms with van der Waals surface area (Å²) in [5.41, 5.74) is 6.94. The van der Waals surface area contributed by atoms with E-state index in [4.69, 9.17) is 10.5 Å². The van der Waals surface area contributed by atoms with Gasteiger partial charge >= 0.3 is 0 Å². The van der Waals surface area contributed by atoms with E-state index in [-0.39, 0.29) is 6.10 Å². The predicted molar refractivity (Wildman–Crippen MR) is 90.5 cm³/mol. The summed E-state index contributed by atoms with van der Waals surface area (Å²) in [5, 5.41) is 2.37. The number of hydrogen-bond donors (Lipinski definition) is 1. The SMILES string of the molecule is NCC(Oc1ccc2ccccc2c1)c1cccc(Br)c1. The van der Waals surface area contributed by atoms with Crippen molar-refractivity contribution in [2.45, 2.75) is 6.10 Å². The molecule has 0 heterocycles. The van der Waals surface area contributed by atoms with Crippen LogP contribution in [0.15, 0.2) is 71.2 Å². The van der Waals surface area contributed by atoms with Crippen LogP contribution < -0.4 is 10.5 Å². The maximum Gasteiger partial charge on any atom is 0.136 e. The van der Waals surface area contributed by atoms with Crippen LogP contribution >= 0.6 is 15.9 Å². The fourth-order valence-electron chi connectivity index (χ4n) is 2.36. The Morgan fingerprint density at radius 1 is 0.905 bits per heavy atom. The maximum absolute atomic E-state index is 6.07. The van der Waals surface area contributed by atoms with Gasteiger partial charge in [-0.15, -0.1) is 0 Å². The van der Waals surface area contributed by atoms with Gasteiger partial charge in [0.05, 0.1) is 0 Å². The number of hydrogen-bond acceptors (Lipinski definition) is 2. The minimum atomic E-state index is -0.149. The highest BCUT2D eigenvalue weighted by Gasteiger charge is 2.12. The first-order valence-electron chi connectivity index (χ1n) is 6.87. The van der Waals surface area contributed by atoms with Crippen LogP contribution in [0.3, 0.4) is 0 Å². The van der Waals surface area contributed by atoms with Crippen LogP contribution in [0, 0.1) is 0 Å². The van der Waals surface area contributed by atoms with Crippen molar-refractivity contribution in [3.8, 4) is 5.75 Å². The molecule has 3 aromatic carbocycles. The average Bonchev–Trinajstić information content (AvgIpc) is 2.52. The predicted octanol–water partition coefficient (Wildman–Crippen LogP) is 4.68. The third kappa shape index (κ3) is 3.26. The van der Waals surface area contributed by atoms with Gasteiger partial charge in [-0.25, -0.2) is 0 Å². The van der Waals surface area contributed by atoms with Crippen LogP contribution in [0.5, 0.6) is 5.75 Å². The lowest BCUT2D eigenvalue weighted by Gasteiger charge is -2.18. The van der Waals surface area contributed by atoms with Gasteiger partial charge in [0.1, 0.15) is 11.9 Å². The van der Waals surface area contributed by atoms with Crippen LogP contribution in [0.4, 0.5) is 0 Å². The summed E-state index contributed by atoms with van der Waals surface area (Å²) in [6.07, 6.45) is -0.149. The first-order chi connectivity index (χ1) is 10.3. The first kappa shape index (κ1) is 14.1. The Labute approximate surface area is 132 Å². The van der Waals surface area contributed by atoms with Crippen molar-refractivity contribution in [3.05, 3.63) is 76.8 Å². The molecule has 1 unspecified atom stereocenters. The maximum atomic E-state index is 6.07. The van der Waals surface area contributed by atoms with Crippen molar-refractivity contribution >= 4 is 26.7 Å². The van der Waals surface area contributed by atoms with E-state index in [9.17, 15) is 0 Å². The molecule has 0 bridgehead atoms. The van der Waals surface area contributed by atoms with E-state index in [0.29, 0.717) is 6.54 Å². The quantitative estimate of drug-likeness (QED) is 0.747. The molecule has 0 saturated carbocycles. The van der Waals surface area contributed by atoms with Gasteiger partial charge in [0.15, 0.2) is 0 Å². The van der Waals surface area contributed by atoms with E-state index < -0.39 is 0 Å². The zero-order valence-corrected chi connectivity index (χ0v) is 13.1. The number of fused-ring (bicyclic) bond motifs is 1. The normalized spacial score (nSPS) is 12.3. The number of rotatable bonds is 4. The summed E-state index contributed by atoms with van der Waals surface area (Å²) in [5.74, 6) is 0.837. The largest absolute Gasteiger partial charge is 0.484 e. The molecule has 3 aromatic rings. The van der Waals surface area contributed by atoms with E-state index in [2.05, 4.69) is 40.2 Å². The van der Waals surface area contributed by atoms with Gasteiger partial charge in [-0.05, 0) is 40.6 Å². The molecule has 0 aliphatic rings. The Balaban J connectivity index is 1.88. The minimum Gasteiger partial charge on any atom is -0.484 e. The van der Waals surface area contributed by atoms with E-state index in [1.54, 1.807) is 0 Å². The fourth-order valence-corrected chi connectivity index (χ4v) is 2.78. The Morgan fingerprint density at radius 2 is 1.71 bits per heavy atom. The molecular weight excluding hydrogens is 326 g/mol. The molecule has 106 valence electrons. The van der Waals surface area contributed by atoms with Crippen LogP contribution in [-0.4, -0.2) is 6.54 Å². The van der Waals surface area contributed by atoms with Gasteiger partial charge in [-0.1, -0.05) is 58.4 Å². The third-order valence-corrected chi connectivity index (χ3v) is 3.93. The lowest BCUT2D eigenvalue weighted by Crippen LogP contribution is -2.18. The fraction of sp³-hybridized carbons (Fsp3) is 0.111. The van der Waals surface area contributed by atoms with E-state index in [0.717, 1.165) is 15.8 Å². The highest BCUT2D eigenvalue weighted by Crippen LogP contribution is 2.26. The molecule has 2 nitrogen and oxygen atoms in total. The minimum absolute atomic E-state index is 0.149. The van der Waals surface area contributed by atoms with Crippen LogP contribution in [0.25, 0.3) is 10.8 Å². The smallest absolute Gasteiger partial charge is 0.136 e. The molecule has 3 rings (SSSR count). The van der Waals surface area contributed by atoms with E-state index in [1.807, 2.05) is 42.5 Å². The van der Waals surface area contributed by atoms with Gasteiger partial charge in [0.2, 0.25) is 0 Å². The third-order valence-electron chi connectivity index (χ3n) is 3.43. The van der Waals surface area contributed by atoms with Crippen LogP contribution in [-0.2, 0) is 0 Å². The Morgan fingerprint density at radius 3 is 2.48 bits per heavy atom. The monoisotopic (exact) mass is 341 g/mol. The molecule has 21 heavy (non-hydrogen) atoms. The van der Waals surface area contributed by atoms with Crippen molar-refractivity contribution in [1.29, 1.82) is 0 Å². The second-order valence-electron chi connectivity index (χ2n) is 4.91. The molecule has 0 fully saturated rings. The van der Waals surface area contributed by atoms with Crippen molar-refractivity contribution in [2.75, 3.05) is 6.54 Å². The van der Waals surface area contributed by atoms with Crippen LogP contribution in [0.2, 0.25) is 0 Å². The van der Waals surface area contributed by atoms with Crippen molar-refractivity contribution in [3.63, 3.8) is 0 Å². The average molecular weight is 342 g/mol. The standard InChI is InChI=1S/C18H16BrNO/c19-16-7-3-6-15(10-16)18(12-20)21-17-9-8-13-4-1-2-5-14(13)11-17/h1-11,18H,12,20H2. The first-order valence-corrected chi connectivity index (χ1v) is 7.66. The number of ether oxygens (including phenoxy) is 1. The number of nitrogens with two attached hydrogens (primary N) is 1. The van der Waals surface area contributed by atoms with Gasteiger partial charge in [0, 0.05) is 11.0 Å². The summed E-state index contributed by atoms with van der Waals surface area (Å²) in [6, 6.07) is 22.4. The second kappa shape index (κ2) is 6.29. The molecule has 2 N–H and O–H groups in total. The molecule has 0 aromatic heterocycles. The zero-order valence-electron chi connectivity index (χ0n) is 11.5. The number of halogens is 1. The lowest BCUT2D eigenvalue weighted by molar-refractivity contribution is 0.214. The molecule has 0 spiro atoms. The molecule has 1 atom stereocenters. The molecule has 3 heteroatoms. The highest BCUT2D eigenvalue weighted by molar-refractivity contribution is 9.10. The molecule has 0 saturated heterocycles. The Bertz CT molecular complexity index is 757. The summed E-state index contributed by atoms with van der Waals surface area (Å²) >= 11 is 3.48. The van der Waals surface area contributed by atoms with Crippen molar-refractivity contribution in [2.24, 2.45) is 5.73 Å². The Hall–Kier alpha value is -1.84. The molecule has 0 aliphatic carbocycles. The summed E-state index contributed by atoms with van der Waals surface area (Å²) < 4.78 is 7.10. The molecule has 0 amide bonds. The topological polar surface area (TPSA) is 35.2 Å². The Kier molecular flexibility index (Phi) is 4.23. The number of benzene rings is 3. The van der Waals surface area contributed by atoms with E-state index in [1.165, 1.54) is 10.8 Å². The van der Waals surface area contributed by atoms with Crippen molar-refractivity contribution in [1.82, 2.24) is 0 Å². The zero-order chi connectivity index (χ0) is 14.7. The molecular formula is C18H16BrNO. The molecule has 0 radical (unpaired) electrons. The van der Waals surface area contributed by atoms with Gasteiger partial charge < -0.3 is 10.5 Å². The second-order valence-corrected chi connectivity index (χ2v) is 5.82. The van der Waals surface area contributed by atoms with Gasteiger partial charge in [-0.2, -0.15) is 0 Å². The summed E-state index contributed by atoms with van der Waals surface area (Å²) in [7, 11) is 0. The van der Waals surface area contributed by atoms with E-state index >= 15 is 0 Å². The van der Waals surface area contributed by atoms with Gasteiger partial charge in [0.25, 0.3) is 0 Å². The lowest BCUT2D eigenvalue weighted by atomic mass is 10.1.